The molecular formula is C21H19Cl2N5O. The number of hydrogen-bond donors (Lipinski definition) is 1. The molecule has 3 aromatic carbocycles. The zero-order valence-electron chi connectivity index (χ0n) is 15.8. The van der Waals surface area contributed by atoms with Crippen molar-refractivity contribution in [2.45, 2.75) is 26.6 Å². The molecule has 148 valence electrons. The Kier molecular flexibility index (Phi) is 5.83. The van der Waals surface area contributed by atoms with Crippen molar-refractivity contribution in [1.29, 1.82) is 0 Å². The van der Waals surface area contributed by atoms with E-state index in [0.29, 0.717) is 35.7 Å². The Morgan fingerprint density at radius 2 is 1.93 bits per heavy atom. The van der Waals surface area contributed by atoms with Crippen LogP contribution in [0.3, 0.4) is 0 Å². The van der Waals surface area contributed by atoms with E-state index in [1.54, 1.807) is 16.8 Å². The summed E-state index contributed by atoms with van der Waals surface area (Å²) in [6, 6.07) is 17.6. The SMILES string of the molecule is CCn1nnnc1NCc1c(OCc2ccc(Cl)cc2Cl)ccc2ccccc12. The van der Waals surface area contributed by atoms with Crippen molar-refractivity contribution in [1.82, 2.24) is 20.2 Å². The van der Waals surface area contributed by atoms with E-state index >= 15 is 0 Å². The zero-order chi connectivity index (χ0) is 20.2. The summed E-state index contributed by atoms with van der Waals surface area (Å²) in [6.45, 7) is 3.53. The number of hydrogen-bond acceptors (Lipinski definition) is 5. The maximum Gasteiger partial charge on any atom is 0.243 e. The first kappa shape index (κ1) is 19.5. The minimum absolute atomic E-state index is 0.341. The molecule has 0 saturated heterocycles. The van der Waals surface area contributed by atoms with Crippen molar-refractivity contribution < 1.29 is 4.74 Å². The van der Waals surface area contributed by atoms with Crippen LogP contribution >= 0.6 is 23.2 Å². The average molecular weight is 428 g/mol. The molecular weight excluding hydrogens is 409 g/mol. The fourth-order valence-corrected chi connectivity index (χ4v) is 3.60. The van der Waals surface area contributed by atoms with E-state index in [1.165, 1.54) is 0 Å². The summed E-state index contributed by atoms with van der Waals surface area (Å²) in [6.07, 6.45) is 0. The molecule has 0 unspecified atom stereocenters. The quantitative estimate of drug-likeness (QED) is 0.430. The standard InChI is InChI=1S/C21H19Cl2N5O/c1-2-28-21(25-26-27-28)24-12-18-17-6-4-3-5-14(17)8-10-20(18)29-13-15-7-9-16(22)11-19(15)23/h3-11H,2,12-13H2,1H3,(H,24,25,27). The van der Waals surface area contributed by atoms with Gasteiger partial charge >= 0.3 is 0 Å². The van der Waals surface area contributed by atoms with Gasteiger partial charge in [0.15, 0.2) is 0 Å². The lowest BCUT2D eigenvalue weighted by atomic mass is 10.0. The average Bonchev–Trinajstić information content (AvgIpc) is 3.19. The van der Waals surface area contributed by atoms with E-state index in [1.807, 2.05) is 37.3 Å². The molecule has 0 amide bonds. The largest absolute Gasteiger partial charge is 0.488 e. The van der Waals surface area contributed by atoms with Gasteiger partial charge in [-0.3, -0.25) is 0 Å². The maximum atomic E-state index is 6.29. The first-order chi connectivity index (χ1) is 14.2. The van der Waals surface area contributed by atoms with Gasteiger partial charge in [-0.15, -0.1) is 0 Å². The molecule has 29 heavy (non-hydrogen) atoms. The molecule has 0 atom stereocenters. The molecule has 0 fully saturated rings. The molecule has 0 aliphatic rings. The second-order valence-electron chi connectivity index (χ2n) is 6.46. The summed E-state index contributed by atoms with van der Waals surface area (Å²) < 4.78 is 7.86. The molecule has 4 rings (SSSR count). The van der Waals surface area contributed by atoms with Crippen LogP contribution in [-0.4, -0.2) is 20.2 Å². The van der Waals surface area contributed by atoms with Gasteiger partial charge in [0.2, 0.25) is 5.95 Å². The van der Waals surface area contributed by atoms with Crippen LogP contribution in [-0.2, 0) is 19.7 Å². The molecule has 0 saturated carbocycles. The van der Waals surface area contributed by atoms with Crippen LogP contribution in [0.5, 0.6) is 5.75 Å². The highest BCUT2D eigenvalue weighted by atomic mass is 35.5. The minimum Gasteiger partial charge on any atom is -0.488 e. The van der Waals surface area contributed by atoms with Crippen molar-refractivity contribution in [2.75, 3.05) is 5.32 Å². The zero-order valence-corrected chi connectivity index (χ0v) is 17.3. The number of aromatic nitrogens is 4. The van der Waals surface area contributed by atoms with Crippen molar-refractivity contribution in [3.63, 3.8) is 0 Å². The molecule has 0 aliphatic carbocycles. The summed E-state index contributed by atoms with van der Waals surface area (Å²) >= 11 is 12.3. The first-order valence-corrected chi connectivity index (χ1v) is 9.98. The van der Waals surface area contributed by atoms with Crippen molar-refractivity contribution in [3.05, 3.63) is 75.8 Å². The molecule has 8 heteroatoms. The van der Waals surface area contributed by atoms with Gasteiger partial charge in [0, 0.05) is 34.3 Å². The smallest absolute Gasteiger partial charge is 0.243 e. The highest BCUT2D eigenvalue weighted by Crippen LogP contribution is 2.30. The van der Waals surface area contributed by atoms with Gasteiger partial charge in [-0.2, -0.15) is 0 Å². The highest BCUT2D eigenvalue weighted by molar-refractivity contribution is 6.35. The molecule has 4 aromatic rings. The molecule has 1 aromatic heterocycles. The van der Waals surface area contributed by atoms with Crippen LogP contribution in [0, 0.1) is 0 Å². The molecule has 1 heterocycles. The predicted molar refractivity (Wildman–Crippen MR) is 116 cm³/mol. The lowest BCUT2D eigenvalue weighted by Crippen LogP contribution is -2.09. The summed E-state index contributed by atoms with van der Waals surface area (Å²) in [7, 11) is 0. The van der Waals surface area contributed by atoms with E-state index in [-0.39, 0.29) is 0 Å². The van der Waals surface area contributed by atoms with Gasteiger partial charge in [-0.25, -0.2) is 4.68 Å². The molecule has 1 N–H and O–H groups in total. The first-order valence-electron chi connectivity index (χ1n) is 9.23. The minimum atomic E-state index is 0.341. The van der Waals surface area contributed by atoms with Gasteiger partial charge in [-0.1, -0.05) is 64.7 Å². The maximum absolute atomic E-state index is 6.29. The van der Waals surface area contributed by atoms with Crippen molar-refractivity contribution in [3.8, 4) is 5.75 Å². The number of nitrogens with zero attached hydrogens (tertiary/aromatic N) is 4. The monoisotopic (exact) mass is 427 g/mol. The number of tetrazole rings is 1. The number of nitrogens with one attached hydrogen (secondary N) is 1. The number of ether oxygens (including phenoxy) is 1. The number of rotatable bonds is 7. The molecule has 0 bridgehead atoms. The van der Waals surface area contributed by atoms with Gasteiger partial charge in [-0.05, 0) is 46.3 Å². The Morgan fingerprint density at radius 1 is 1.07 bits per heavy atom. The van der Waals surface area contributed by atoms with Crippen LogP contribution in [0.4, 0.5) is 5.95 Å². The van der Waals surface area contributed by atoms with E-state index in [4.69, 9.17) is 27.9 Å². The van der Waals surface area contributed by atoms with Gasteiger partial charge < -0.3 is 10.1 Å². The number of benzene rings is 3. The molecule has 0 spiro atoms. The van der Waals surface area contributed by atoms with Crippen LogP contribution in [0.1, 0.15) is 18.1 Å². The fourth-order valence-electron chi connectivity index (χ4n) is 3.14. The Hall–Kier alpha value is -2.83. The van der Waals surface area contributed by atoms with Gasteiger partial charge in [0.1, 0.15) is 12.4 Å². The second-order valence-corrected chi connectivity index (χ2v) is 7.30. The van der Waals surface area contributed by atoms with Crippen molar-refractivity contribution >= 4 is 39.9 Å². The topological polar surface area (TPSA) is 64.9 Å². The van der Waals surface area contributed by atoms with E-state index in [0.717, 1.165) is 27.6 Å². The lowest BCUT2D eigenvalue weighted by molar-refractivity contribution is 0.304. The van der Waals surface area contributed by atoms with Crippen LogP contribution in [0.2, 0.25) is 10.0 Å². The van der Waals surface area contributed by atoms with E-state index in [2.05, 4.69) is 33.0 Å². The molecule has 0 aliphatic heterocycles. The third kappa shape index (κ3) is 4.28. The second kappa shape index (κ2) is 8.68. The predicted octanol–water partition coefficient (Wildman–Crippen LogP) is 5.34. The number of anilines is 1. The molecule has 0 radical (unpaired) electrons. The third-order valence-electron chi connectivity index (χ3n) is 4.65. The Labute approximate surface area is 178 Å². The summed E-state index contributed by atoms with van der Waals surface area (Å²) in [5.41, 5.74) is 1.90. The van der Waals surface area contributed by atoms with Crippen LogP contribution in [0.15, 0.2) is 54.6 Å². The number of fused-ring (bicyclic) bond motifs is 1. The van der Waals surface area contributed by atoms with Crippen molar-refractivity contribution in [2.24, 2.45) is 0 Å². The third-order valence-corrected chi connectivity index (χ3v) is 5.24. The fraction of sp³-hybridized carbons (Fsp3) is 0.190. The Morgan fingerprint density at radius 3 is 2.76 bits per heavy atom. The van der Waals surface area contributed by atoms with Gasteiger partial charge in [0.25, 0.3) is 0 Å². The molecule has 6 nitrogen and oxygen atoms in total. The summed E-state index contributed by atoms with van der Waals surface area (Å²) in [4.78, 5) is 0. The normalized spacial score (nSPS) is 11.0. The van der Waals surface area contributed by atoms with E-state index in [9.17, 15) is 0 Å². The highest BCUT2D eigenvalue weighted by Gasteiger charge is 2.12. The summed E-state index contributed by atoms with van der Waals surface area (Å²) in [5.74, 6) is 1.39. The van der Waals surface area contributed by atoms with Gasteiger partial charge in [0.05, 0.1) is 0 Å². The number of aryl methyl sites for hydroxylation is 1. The lowest BCUT2D eigenvalue weighted by Gasteiger charge is -2.16. The number of halogens is 2. The Balaban J connectivity index is 1.63. The van der Waals surface area contributed by atoms with E-state index < -0.39 is 0 Å². The Bertz CT molecular complexity index is 1150. The van der Waals surface area contributed by atoms with Crippen LogP contribution in [0.25, 0.3) is 10.8 Å². The summed E-state index contributed by atoms with van der Waals surface area (Å²) in [5, 5.41) is 18.5. The van der Waals surface area contributed by atoms with Crippen LogP contribution < -0.4 is 10.1 Å².